The molecule has 0 heterocycles. The van der Waals surface area contributed by atoms with Crippen molar-refractivity contribution in [1.29, 1.82) is 0 Å². The van der Waals surface area contributed by atoms with E-state index in [1.54, 1.807) is 6.07 Å². The summed E-state index contributed by atoms with van der Waals surface area (Å²) in [4.78, 5) is 0. The normalized spacial score (nSPS) is 12.3. The van der Waals surface area contributed by atoms with Crippen LogP contribution in [0, 0.1) is 12.7 Å². The number of aryl methyl sites for hydroxylation is 1. The minimum absolute atomic E-state index is 0.259. The van der Waals surface area contributed by atoms with Crippen molar-refractivity contribution in [2.75, 3.05) is 0 Å². The highest BCUT2D eigenvalue weighted by atomic mass is 32.2. The average molecular weight is 291 g/mol. The molecule has 20 heavy (non-hydrogen) atoms. The lowest BCUT2D eigenvalue weighted by molar-refractivity contribution is 0.624. The van der Waals surface area contributed by atoms with Crippen LogP contribution in [0.25, 0.3) is 0 Å². The van der Waals surface area contributed by atoms with Gasteiger partial charge in [-0.25, -0.2) is 4.39 Å². The Hall–Kier alpha value is -1.52. The molecule has 0 spiro atoms. The molecular weight excluding hydrogens is 273 g/mol. The monoisotopic (exact) mass is 291 g/mol. The molecule has 0 saturated carbocycles. The van der Waals surface area contributed by atoms with E-state index in [1.807, 2.05) is 31.2 Å². The van der Waals surface area contributed by atoms with Gasteiger partial charge in [-0.2, -0.15) is 0 Å². The standard InChI is InChI=1S/C16H18FNOS/c1-12-4-2-3-5-13(12)10-20(19)11-14-6-7-16(17)8-15(14)9-18/h2-8H,9-11,18H2,1H3. The lowest BCUT2D eigenvalue weighted by Gasteiger charge is -2.09. The van der Waals surface area contributed by atoms with Gasteiger partial charge in [-0.1, -0.05) is 30.3 Å². The number of rotatable bonds is 5. The third kappa shape index (κ3) is 3.74. The van der Waals surface area contributed by atoms with Crippen molar-refractivity contribution in [1.82, 2.24) is 0 Å². The molecule has 2 nitrogen and oxygen atoms in total. The summed E-state index contributed by atoms with van der Waals surface area (Å²) in [6.07, 6.45) is 0. The van der Waals surface area contributed by atoms with Gasteiger partial charge in [0.25, 0.3) is 0 Å². The van der Waals surface area contributed by atoms with E-state index in [0.717, 1.165) is 22.3 Å². The number of nitrogens with two attached hydrogens (primary N) is 1. The van der Waals surface area contributed by atoms with E-state index >= 15 is 0 Å². The van der Waals surface area contributed by atoms with Crippen LogP contribution in [0.1, 0.15) is 22.3 Å². The molecule has 0 aliphatic rings. The van der Waals surface area contributed by atoms with Gasteiger partial charge in [0.15, 0.2) is 0 Å². The smallest absolute Gasteiger partial charge is 0.123 e. The zero-order valence-electron chi connectivity index (χ0n) is 11.4. The van der Waals surface area contributed by atoms with Gasteiger partial charge in [-0.15, -0.1) is 0 Å². The van der Waals surface area contributed by atoms with Crippen LogP contribution in [0.15, 0.2) is 42.5 Å². The number of halogens is 1. The average Bonchev–Trinajstić information content (AvgIpc) is 2.43. The van der Waals surface area contributed by atoms with Crippen molar-refractivity contribution in [2.45, 2.75) is 25.0 Å². The SMILES string of the molecule is Cc1ccccc1CS(=O)Cc1ccc(F)cc1CN. The summed E-state index contributed by atoms with van der Waals surface area (Å²) >= 11 is 0. The van der Waals surface area contributed by atoms with Gasteiger partial charge in [0.1, 0.15) is 5.82 Å². The summed E-state index contributed by atoms with van der Waals surface area (Å²) in [6, 6.07) is 12.4. The minimum Gasteiger partial charge on any atom is -0.326 e. The fourth-order valence-corrected chi connectivity index (χ4v) is 3.50. The number of benzene rings is 2. The van der Waals surface area contributed by atoms with Crippen molar-refractivity contribution >= 4 is 10.8 Å². The maximum Gasteiger partial charge on any atom is 0.123 e. The fraction of sp³-hybridized carbons (Fsp3) is 0.250. The zero-order chi connectivity index (χ0) is 14.5. The molecule has 1 unspecified atom stereocenters. The Bertz CT molecular complexity index is 628. The molecule has 0 aromatic heterocycles. The van der Waals surface area contributed by atoms with Crippen LogP contribution in [0.4, 0.5) is 4.39 Å². The Morgan fingerprint density at radius 2 is 1.75 bits per heavy atom. The van der Waals surface area contributed by atoms with Crippen molar-refractivity contribution in [3.05, 3.63) is 70.5 Å². The minimum atomic E-state index is -1.03. The molecule has 0 fully saturated rings. The third-order valence-corrected chi connectivity index (χ3v) is 4.55. The molecule has 1 atom stereocenters. The fourth-order valence-electron chi connectivity index (χ4n) is 2.10. The Morgan fingerprint density at radius 1 is 1.05 bits per heavy atom. The second-order valence-electron chi connectivity index (χ2n) is 4.77. The van der Waals surface area contributed by atoms with Crippen molar-refractivity contribution < 1.29 is 8.60 Å². The molecule has 2 N–H and O–H groups in total. The molecular formula is C16H18FNOS. The summed E-state index contributed by atoms with van der Waals surface area (Å²) < 4.78 is 25.4. The van der Waals surface area contributed by atoms with Crippen LogP contribution in [-0.4, -0.2) is 4.21 Å². The van der Waals surface area contributed by atoms with Gasteiger partial charge < -0.3 is 5.73 Å². The van der Waals surface area contributed by atoms with Crippen LogP contribution in [0.2, 0.25) is 0 Å². The van der Waals surface area contributed by atoms with E-state index in [2.05, 4.69) is 0 Å². The van der Waals surface area contributed by atoms with Crippen molar-refractivity contribution in [3.8, 4) is 0 Å². The van der Waals surface area contributed by atoms with Crippen LogP contribution in [-0.2, 0) is 28.9 Å². The van der Waals surface area contributed by atoms with Crippen molar-refractivity contribution in [3.63, 3.8) is 0 Å². The molecule has 2 aromatic carbocycles. The predicted molar refractivity (Wildman–Crippen MR) is 81.0 cm³/mol. The molecule has 0 saturated heterocycles. The Labute approximate surface area is 121 Å². The van der Waals surface area contributed by atoms with Gasteiger partial charge >= 0.3 is 0 Å². The summed E-state index contributed by atoms with van der Waals surface area (Å²) in [5.74, 6) is 0.605. The van der Waals surface area contributed by atoms with E-state index in [9.17, 15) is 8.60 Å². The molecule has 4 heteroatoms. The van der Waals surface area contributed by atoms with Gasteiger partial charge in [-0.3, -0.25) is 4.21 Å². The second kappa shape index (κ2) is 6.77. The summed E-state index contributed by atoms with van der Waals surface area (Å²) in [6.45, 7) is 2.27. The van der Waals surface area contributed by atoms with E-state index < -0.39 is 10.8 Å². The lowest BCUT2D eigenvalue weighted by Crippen LogP contribution is -2.06. The van der Waals surface area contributed by atoms with Gasteiger partial charge in [0, 0.05) is 28.9 Å². The Balaban J connectivity index is 2.11. The zero-order valence-corrected chi connectivity index (χ0v) is 12.3. The van der Waals surface area contributed by atoms with E-state index in [1.165, 1.54) is 12.1 Å². The van der Waals surface area contributed by atoms with E-state index in [-0.39, 0.29) is 12.4 Å². The third-order valence-electron chi connectivity index (χ3n) is 3.28. The molecule has 0 amide bonds. The first-order valence-electron chi connectivity index (χ1n) is 6.47. The predicted octanol–water partition coefficient (Wildman–Crippen LogP) is 3.04. The van der Waals surface area contributed by atoms with E-state index in [4.69, 9.17) is 5.73 Å². The van der Waals surface area contributed by atoms with Crippen LogP contribution < -0.4 is 5.73 Å². The number of hydrogen-bond donors (Lipinski definition) is 1. The van der Waals surface area contributed by atoms with Crippen LogP contribution >= 0.6 is 0 Å². The van der Waals surface area contributed by atoms with Gasteiger partial charge in [-0.05, 0) is 41.3 Å². The van der Waals surface area contributed by atoms with Crippen LogP contribution in [0.3, 0.4) is 0 Å². The maximum absolute atomic E-state index is 13.1. The van der Waals surface area contributed by atoms with E-state index in [0.29, 0.717) is 11.5 Å². The first kappa shape index (κ1) is 14.9. The lowest BCUT2D eigenvalue weighted by atomic mass is 10.1. The molecule has 0 bridgehead atoms. The van der Waals surface area contributed by atoms with Gasteiger partial charge in [0.05, 0.1) is 0 Å². The van der Waals surface area contributed by atoms with Crippen LogP contribution in [0.5, 0.6) is 0 Å². The molecule has 106 valence electrons. The largest absolute Gasteiger partial charge is 0.326 e. The summed E-state index contributed by atoms with van der Waals surface area (Å²) in [5, 5.41) is 0. The first-order chi connectivity index (χ1) is 9.60. The summed E-state index contributed by atoms with van der Waals surface area (Å²) in [7, 11) is -1.03. The van der Waals surface area contributed by atoms with Gasteiger partial charge in [0.2, 0.25) is 0 Å². The first-order valence-corrected chi connectivity index (χ1v) is 7.96. The molecule has 0 radical (unpaired) electrons. The second-order valence-corrected chi connectivity index (χ2v) is 6.23. The summed E-state index contributed by atoms with van der Waals surface area (Å²) in [5.41, 5.74) is 9.42. The molecule has 2 aromatic rings. The molecule has 0 aliphatic carbocycles. The highest BCUT2D eigenvalue weighted by Crippen LogP contribution is 2.16. The quantitative estimate of drug-likeness (QED) is 0.920. The highest BCUT2D eigenvalue weighted by Gasteiger charge is 2.09. The Morgan fingerprint density at radius 3 is 2.45 bits per heavy atom. The topological polar surface area (TPSA) is 43.1 Å². The van der Waals surface area contributed by atoms with Crippen molar-refractivity contribution in [2.24, 2.45) is 5.73 Å². The molecule has 2 rings (SSSR count). The number of hydrogen-bond acceptors (Lipinski definition) is 2. The molecule has 0 aliphatic heterocycles. The Kier molecular flexibility index (Phi) is 5.04. The highest BCUT2D eigenvalue weighted by molar-refractivity contribution is 7.83. The maximum atomic E-state index is 13.1.